The predicted octanol–water partition coefficient (Wildman–Crippen LogP) is 2.88. The third-order valence-electron chi connectivity index (χ3n) is 2.44. The molecule has 0 amide bonds. The van der Waals surface area contributed by atoms with Crippen molar-refractivity contribution < 1.29 is 4.39 Å². The van der Waals surface area contributed by atoms with Gasteiger partial charge in [0.15, 0.2) is 0 Å². The third-order valence-corrected chi connectivity index (χ3v) is 3.18. The number of rotatable bonds is 0. The fraction of sp³-hybridized carbons (Fsp3) is 0. The van der Waals surface area contributed by atoms with Crippen LogP contribution in [0.2, 0.25) is 0 Å². The van der Waals surface area contributed by atoms with Crippen LogP contribution in [-0.2, 0) is 0 Å². The first-order valence-corrected chi connectivity index (χ1v) is 5.38. The number of pyridine rings is 1. The lowest BCUT2D eigenvalue weighted by atomic mass is 10.1. The average molecular weight is 219 g/mol. The molecule has 1 N–H and O–H groups in total. The number of benzene rings is 1. The first kappa shape index (κ1) is 8.61. The normalized spacial score (nSPS) is 11.3. The van der Waals surface area contributed by atoms with Gasteiger partial charge < -0.3 is 4.98 Å². The zero-order valence-corrected chi connectivity index (χ0v) is 8.40. The maximum atomic E-state index is 13.6. The molecule has 0 atom stereocenters. The summed E-state index contributed by atoms with van der Waals surface area (Å²) in [6.07, 6.45) is 0. The molecule has 1 aromatic carbocycles. The van der Waals surface area contributed by atoms with Gasteiger partial charge in [0.2, 0.25) is 0 Å². The van der Waals surface area contributed by atoms with Gasteiger partial charge >= 0.3 is 0 Å². The number of fused-ring (bicyclic) bond motifs is 3. The van der Waals surface area contributed by atoms with Gasteiger partial charge in [-0.2, -0.15) is 11.3 Å². The summed E-state index contributed by atoms with van der Waals surface area (Å²) in [6, 6.07) is 4.69. The first-order chi connectivity index (χ1) is 7.27. The number of hydrogen-bond donors (Lipinski definition) is 1. The van der Waals surface area contributed by atoms with E-state index in [1.54, 1.807) is 22.9 Å². The molecule has 0 saturated heterocycles. The van der Waals surface area contributed by atoms with Crippen LogP contribution >= 0.6 is 11.3 Å². The summed E-state index contributed by atoms with van der Waals surface area (Å²) in [4.78, 5) is 14.3. The van der Waals surface area contributed by atoms with Crippen molar-refractivity contribution in [3.8, 4) is 0 Å². The van der Waals surface area contributed by atoms with E-state index in [1.807, 2.05) is 0 Å². The lowest BCUT2D eigenvalue weighted by Gasteiger charge is -2.00. The number of H-pyrrole nitrogens is 1. The average Bonchev–Trinajstić information content (AvgIpc) is 2.66. The molecule has 0 aliphatic heterocycles. The highest BCUT2D eigenvalue weighted by molar-refractivity contribution is 7.09. The van der Waals surface area contributed by atoms with Gasteiger partial charge in [0.1, 0.15) is 5.82 Å². The van der Waals surface area contributed by atoms with E-state index < -0.39 is 0 Å². The molecule has 4 heteroatoms. The minimum atomic E-state index is -0.299. The van der Waals surface area contributed by atoms with E-state index in [0.717, 1.165) is 0 Å². The molecule has 0 bridgehead atoms. The summed E-state index contributed by atoms with van der Waals surface area (Å²) in [5.41, 5.74) is 0.384. The van der Waals surface area contributed by atoms with Crippen molar-refractivity contribution in [1.29, 1.82) is 0 Å². The van der Waals surface area contributed by atoms with Crippen LogP contribution < -0.4 is 5.56 Å². The number of aromatic amines is 1. The van der Waals surface area contributed by atoms with Crippen LogP contribution in [0.5, 0.6) is 0 Å². The lowest BCUT2D eigenvalue weighted by molar-refractivity contribution is 0.640. The van der Waals surface area contributed by atoms with E-state index in [4.69, 9.17) is 0 Å². The highest BCUT2D eigenvalue weighted by Gasteiger charge is 2.08. The molecule has 15 heavy (non-hydrogen) atoms. The molecule has 0 unspecified atom stereocenters. The monoisotopic (exact) mass is 219 g/mol. The Kier molecular flexibility index (Phi) is 1.67. The Morgan fingerprint density at radius 1 is 1.20 bits per heavy atom. The summed E-state index contributed by atoms with van der Waals surface area (Å²) < 4.78 is 13.6. The van der Waals surface area contributed by atoms with Crippen LogP contribution in [0.4, 0.5) is 4.39 Å². The first-order valence-electron chi connectivity index (χ1n) is 4.44. The van der Waals surface area contributed by atoms with Crippen molar-refractivity contribution in [3.05, 3.63) is 45.1 Å². The Morgan fingerprint density at radius 3 is 2.87 bits per heavy atom. The summed E-state index contributed by atoms with van der Waals surface area (Å²) in [7, 11) is 0. The molecule has 0 radical (unpaired) electrons. The SMILES string of the molecule is O=c1[nH]c2cccc(F)c2c2cscc12. The molecule has 0 aliphatic carbocycles. The quantitative estimate of drug-likeness (QED) is 0.619. The van der Waals surface area contributed by atoms with E-state index >= 15 is 0 Å². The second-order valence-electron chi connectivity index (χ2n) is 3.32. The highest BCUT2D eigenvalue weighted by atomic mass is 32.1. The molecule has 2 aromatic heterocycles. The molecule has 2 nitrogen and oxygen atoms in total. The van der Waals surface area contributed by atoms with Crippen LogP contribution in [0.3, 0.4) is 0 Å². The number of halogens is 1. The van der Waals surface area contributed by atoms with E-state index in [9.17, 15) is 9.18 Å². The maximum absolute atomic E-state index is 13.6. The van der Waals surface area contributed by atoms with Crippen molar-refractivity contribution in [2.45, 2.75) is 0 Å². The highest BCUT2D eigenvalue weighted by Crippen LogP contribution is 2.26. The molecule has 3 aromatic rings. The number of aromatic nitrogens is 1. The van der Waals surface area contributed by atoms with Crippen LogP contribution in [0, 0.1) is 5.82 Å². The van der Waals surface area contributed by atoms with Crippen molar-refractivity contribution >= 4 is 33.0 Å². The standard InChI is InChI=1S/C11H6FNOS/c12-8-2-1-3-9-10(8)6-4-15-5-7(6)11(14)13-9/h1-5H,(H,13,14). The van der Waals surface area contributed by atoms with Crippen molar-refractivity contribution in [2.75, 3.05) is 0 Å². The second kappa shape index (κ2) is 2.90. The Balaban J connectivity index is 2.74. The zero-order valence-electron chi connectivity index (χ0n) is 7.58. The van der Waals surface area contributed by atoms with Gasteiger partial charge in [-0.05, 0) is 17.5 Å². The van der Waals surface area contributed by atoms with Gasteiger partial charge in [-0.15, -0.1) is 0 Å². The Bertz CT molecular complexity index is 713. The Hall–Kier alpha value is -1.68. The van der Waals surface area contributed by atoms with Crippen LogP contribution in [0.15, 0.2) is 33.8 Å². The summed E-state index contributed by atoms with van der Waals surface area (Å²) >= 11 is 1.40. The van der Waals surface area contributed by atoms with Crippen LogP contribution in [0.1, 0.15) is 0 Å². The molecule has 0 spiro atoms. The van der Waals surface area contributed by atoms with Gasteiger partial charge in [0.05, 0.1) is 10.9 Å². The van der Waals surface area contributed by atoms with Crippen LogP contribution in [0.25, 0.3) is 21.7 Å². The second-order valence-corrected chi connectivity index (χ2v) is 4.06. The summed E-state index contributed by atoms with van der Waals surface area (Å²) in [5, 5.41) is 5.28. The third kappa shape index (κ3) is 1.11. The number of thiophene rings is 1. The summed E-state index contributed by atoms with van der Waals surface area (Å²) in [5.74, 6) is -0.299. The minimum absolute atomic E-state index is 0.163. The molecule has 0 saturated carbocycles. The molecule has 2 heterocycles. The lowest BCUT2D eigenvalue weighted by Crippen LogP contribution is -2.05. The smallest absolute Gasteiger partial charge is 0.257 e. The van der Waals surface area contributed by atoms with Crippen molar-refractivity contribution in [3.63, 3.8) is 0 Å². The van der Waals surface area contributed by atoms with Gasteiger partial charge in [0, 0.05) is 16.2 Å². The van der Waals surface area contributed by atoms with Crippen LogP contribution in [-0.4, -0.2) is 4.98 Å². The van der Waals surface area contributed by atoms with Crippen molar-refractivity contribution in [2.24, 2.45) is 0 Å². The van der Waals surface area contributed by atoms with E-state index in [1.165, 1.54) is 17.4 Å². The van der Waals surface area contributed by atoms with Gasteiger partial charge in [-0.25, -0.2) is 4.39 Å². The Labute approximate surface area is 88.0 Å². The fourth-order valence-electron chi connectivity index (χ4n) is 1.76. The zero-order chi connectivity index (χ0) is 10.4. The molecule has 3 rings (SSSR count). The fourth-order valence-corrected chi connectivity index (χ4v) is 2.58. The van der Waals surface area contributed by atoms with Crippen molar-refractivity contribution in [1.82, 2.24) is 4.98 Å². The maximum Gasteiger partial charge on any atom is 0.257 e. The Morgan fingerprint density at radius 2 is 2.00 bits per heavy atom. The molecular weight excluding hydrogens is 213 g/mol. The van der Waals surface area contributed by atoms with E-state index in [2.05, 4.69) is 4.98 Å². The molecule has 0 fully saturated rings. The molecule has 74 valence electrons. The van der Waals surface area contributed by atoms with Gasteiger partial charge in [-0.3, -0.25) is 4.79 Å². The molecular formula is C11H6FNOS. The van der Waals surface area contributed by atoms with E-state index in [-0.39, 0.29) is 11.4 Å². The van der Waals surface area contributed by atoms with E-state index in [0.29, 0.717) is 21.7 Å². The topological polar surface area (TPSA) is 32.9 Å². The van der Waals surface area contributed by atoms with Gasteiger partial charge in [-0.1, -0.05) is 6.07 Å². The predicted molar refractivity (Wildman–Crippen MR) is 59.9 cm³/mol. The summed E-state index contributed by atoms with van der Waals surface area (Å²) in [6.45, 7) is 0. The minimum Gasteiger partial charge on any atom is -0.321 e. The number of nitrogens with one attached hydrogen (secondary N) is 1. The largest absolute Gasteiger partial charge is 0.321 e. The molecule has 0 aliphatic rings. The number of hydrogen-bond acceptors (Lipinski definition) is 2. The van der Waals surface area contributed by atoms with Gasteiger partial charge in [0.25, 0.3) is 5.56 Å².